The maximum Gasteiger partial charge on any atom is 0.245 e. The molecule has 1 aliphatic carbocycles. The van der Waals surface area contributed by atoms with E-state index in [0.29, 0.717) is 17.3 Å². The Morgan fingerprint density at radius 1 is 1.03 bits per heavy atom. The van der Waals surface area contributed by atoms with Crippen molar-refractivity contribution in [3.8, 4) is 17.4 Å². The summed E-state index contributed by atoms with van der Waals surface area (Å²) in [6.45, 7) is 1.48. The SMILES string of the molecule is COc1ncnc(OC)c1-n1c(NS(=O)(=O)[C@@H](C)[C@H](OC)c2ncc(Cl)cn2)nnc1[C@@H]1CC[C@H](OC)C1. The molecule has 16 heteroatoms. The molecule has 206 valence electrons. The Kier molecular flexibility index (Phi) is 8.60. The third-order valence-electron chi connectivity index (χ3n) is 6.43. The van der Waals surface area contributed by atoms with E-state index in [0.717, 1.165) is 12.8 Å². The van der Waals surface area contributed by atoms with E-state index in [1.807, 2.05) is 0 Å². The third kappa shape index (κ3) is 5.50. The minimum atomic E-state index is -4.14. The van der Waals surface area contributed by atoms with Crippen LogP contribution in [0.5, 0.6) is 11.8 Å². The van der Waals surface area contributed by atoms with Crippen molar-refractivity contribution in [1.29, 1.82) is 0 Å². The van der Waals surface area contributed by atoms with Gasteiger partial charge < -0.3 is 18.9 Å². The Morgan fingerprint density at radius 2 is 1.68 bits per heavy atom. The van der Waals surface area contributed by atoms with Gasteiger partial charge in [-0.05, 0) is 26.2 Å². The first kappa shape index (κ1) is 27.9. The number of halogens is 1. The highest BCUT2D eigenvalue weighted by Gasteiger charge is 2.37. The average Bonchev–Trinajstić information content (AvgIpc) is 3.56. The summed E-state index contributed by atoms with van der Waals surface area (Å²) in [7, 11) is 1.77. The quantitative estimate of drug-likeness (QED) is 0.359. The maximum absolute atomic E-state index is 13.6. The van der Waals surface area contributed by atoms with Crippen LogP contribution in [0.25, 0.3) is 5.69 Å². The topological polar surface area (TPSA) is 165 Å². The molecule has 0 aromatic carbocycles. The van der Waals surface area contributed by atoms with Gasteiger partial charge in [-0.15, -0.1) is 10.2 Å². The molecule has 0 unspecified atom stereocenters. The average molecular weight is 569 g/mol. The van der Waals surface area contributed by atoms with Crippen LogP contribution in [0.4, 0.5) is 5.95 Å². The summed E-state index contributed by atoms with van der Waals surface area (Å²) in [5, 5.41) is 7.74. The number of aromatic nitrogens is 7. The zero-order valence-electron chi connectivity index (χ0n) is 21.5. The predicted molar refractivity (Wildman–Crippen MR) is 136 cm³/mol. The van der Waals surface area contributed by atoms with Crippen molar-refractivity contribution in [3.63, 3.8) is 0 Å². The highest BCUT2D eigenvalue weighted by molar-refractivity contribution is 7.93. The molecule has 1 fully saturated rings. The number of ether oxygens (including phenoxy) is 4. The largest absolute Gasteiger partial charge is 0.479 e. The van der Waals surface area contributed by atoms with Gasteiger partial charge in [-0.25, -0.2) is 18.4 Å². The van der Waals surface area contributed by atoms with Crippen LogP contribution in [0.1, 0.15) is 49.9 Å². The summed E-state index contributed by atoms with van der Waals surface area (Å²) in [6, 6.07) is 0. The van der Waals surface area contributed by atoms with Crippen LogP contribution in [0.2, 0.25) is 5.02 Å². The fourth-order valence-electron chi connectivity index (χ4n) is 4.43. The van der Waals surface area contributed by atoms with Crippen LogP contribution in [0, 0.1) is 0 Å². The minimum Gasteiger partial charge on any atom is -0.479 e. The normalized spacial score (nSPS) is 19.2. The van der Waals surface area contributed by atoms with Gasteiger partial charge in [-0.2, -0.15) is 9.97 Å². The van der Waals surface area contributed by atoms with Crippen LogP contribution in [0.15, 0.2) is 18.7 Å². The van der Waals surface area contributed by atoms with Crippen LogP contribution < -0.4 is 14.2 Å². The summed E-state index contributed by atoms with van der Waals surface area (Å²) in [5.41, 5.74) is 0.257. The molecule has 0 radical (unpaired) electrons. The molecule has 1 saturated carbocycles. The summed E-state index contributed by atoms with van der Waals surface area (Å²) in [5.74, 6) is 0.783. The van der Waals surface area contributed by atoms with Gasteiger partial charge >= 0.3 is 0 Å². The van der Waals surface area contributed by atoms with Crippen molar-refractivity contribution in [1.82, 2.24) is 34.7 Å². The maximum atomic E-state index is 13.6. The zero-order chi connectivity index (χ0) is 27.4. The van der Waals surface area contributed by atoms with Crippen molar-refractivity contribution in [2.24, 2.45) is 0 Å². The molecule has 14 nitrogen and oxygen atoms in total. The number of rotatable bonds is 11. The Hall–Kier alpha value is -3.14. The molecule has 3 heterocycles. The summed E-state index contributed by atoms with van der Waals surface area (Å²) in [4.78, 5) is 16.6. The van der Waals surface area contributed by atoms with Gasteiger partial charge in [0.15, 0.2) is 11.5 Å². The number of anilines is 1. The molecule has 0 bridgehead atoms. The Bertz CT molecular complexity index is 1330. The van der Waals surface area contributed by atoms with Crippen molar-refractivity contribution in [2.75, 3.05) is 33.2 Å². The lowest BCUT2D eigenvalue weighted by molar-refractivity contribution is 0.0950. The first-order valence-corrected chi connectivity index (χ1v) is 13.6. The highest BCUT2D eigenvalue weighted by Crippen LogP contribution is 2.40. The van der Waals surface area contributed by atoms with Crippen LogP contribution in [-0.4, -0.2) is 82.9 Å². The van der Waals surface area contributed by atoms with E-state index in [1.54, 1.807) is 7.11 Å². The van der Waals surface area contributed by atoms with Gasteiger partial charge in [0.1, 0.15) is 23.5 Å². The number of methoxy groups -OCH3 is 4. The van der Waals surface area contributed by atoms with E-state index in [1.165, 1.54) is 51.5 Å². The second-order valence-electron chi connectivity index (χ2n) is 8.59. The second-order valence-corrected chi connectivity index (χ2v) is 11.1. The summed E-state index contributed by atoms with van der Waals surface area (Å²) in [6.07, 6.45) is 5.33. The van der Waals surface area contributed by atoms with E-state index in [-0.39, 0.29) is 41.2 Å². The van der Waals surface area contributed by atoms with Gasteiger partial charge in [0.2, 0.25) is 27.7 Å². The van der Waals surface area contributed by atoms with Crippen molar-refractivity contribution < 1.29 is 27.4 Å². The smallest absolute Gasteiger partial charge is 0.245 e. The van der Waals surface area contributed by atoms with E-state index in [9.17, 15) is 8.42 Å². The molecular formula is C22H29ClN8O6S. The van der Waals surface area contributed by atoms with Crippen molar-refractivity contribution in [3.05, 3.63) is 35.4 Å². The van der Waals surface area contributed by atoms with Crippen molar-refractivity contribution >= 4 is 27.6 Å². The molecule has 0 spiro atoms. The Labute approximate surface area is 225 Å². The number of sulfonamides is 1. The lowest BCUT2D eigenvalue weighted by atomic mass is 10.1. The van der Waals surface area contributed by atoms with E-state index < -0.39 is 21.4 Å². The molecule has 4 atom stereocenters. The van der Waals surface area contributed by atoms with Gasteiger partial charge in [0.25, 0.3) is 0 Å². The highest BCUT2D eigenvalue weighted by atomic mass is 35.5. The zero-order valence-corrected chi connectivity index (χ0v) is 23.1. The number of nitrogens with zero attached hydrogens (tertiary/aromatic N) is 7. The summed E-state index contributed by atoms with van der Waals surface area (Å²) >= 11 is 5.88. The molecule has 0 aliphatic heterocycles. The minimum absolute atomic E-state index is 0.0444. The van der Waals surface area contributed by atoms with Crippen molar-refractivity contribution in [2.45, 2.75) is 49.6 Å². The third-order valence-corrected chi connectivity index (χ3v) is 8.32. The molecule has 38 heavy (non-hydrogen) atoms. The Morgan fingerprint density at radius 3 is 2.24 bits per heavy atom. The number of nitrogens with one attached hydrogen (secondary N) is 1. The monoisotopic (exact) mass is 568 g/mol. The van der Waals surface area contributed by atoms with Gasteiger partial charge in [-0.3, -0.25) is 9.29 Å². The Balaban J connectivity index is 1.78. The van der Waals surface area contributed by atoms with Crippen LogP contribution in [-0.2, 0) is 19.5 Å². The molecule has 1 aliphatic rings. The predicted octanol–water partition coefficient (Wildman–Crippen LogP) is 2.32. The molecule has 0 amide bonds. The standard InChI is InChI=1S/C22H29ClN8O6S/c1-12(17(35-3)18-24-9-14(23)10-25-18)38(32,33)30-22-29-28-19(13-6-7-15(8-13)34-2)31(22)16-20(36-4)26-11-27-21(16)37-5/h9-13,15,17H,6-8H2,1-5H3,(H,29,30)/t12-,13+,15-,17-/m0/s1. The number of hydrogen-bond acceptors (Lipinski definition) is 12. The number of hydrogen-bond donors (Lipinski definition) is 1. The van der Waals surface area contributed by atoms with E-state index >= 15 is 0 Å². The summed E-state index contributed by atoms with van der Waals surface area (Å²) < 4.78 is 53.2. The molecule has 3 aromatic heterocycles. The molecular weight excluding hydrogens is 540 g/mol. The first-order chi connectivity index (χ1) is 18.2. The molecule has 3 aromatic rings. The fraction of sp³-hybridized carbons (Fsp3) is 0.545. The lowest BCUT2D eigenvalue weighted by Gasteiger charge is -2.23. The lowest BCUT2D eigenvalue weighted by Crippen LogP contribution is -2.33. The second kappa shape index (κ2) is 11.7. The molecule has 0 saturated heterocycles. The van der Waals surface area contributed by atoms with Crippen LogP contribution >= 0.6 is 11.6 Å². The van der Waals surface area contributed by atoms with Gasteiger partial charge in [0.05, 0.1) is 25.3 Å². The van der Waals surface area contributed by atoms with Gasteiger partial charge in [-0.1, -0.05) is 11.6 Å². The molecule has 4 rings (SSSR count). The van der Waals surface area contributed by atoms with E-state index in [4.69, 9.17) is 30.5 Å². The fourth-order valence-corrected chi connectivity index (χ4v) is 5.66. The van der Waals surface area contributed by atoms with Crippen LogP contribution in [0.3, 0.4) is 0 Å². The van der Waals surface area contributed by atoms with Gasteiger partial charge in [0, 0.05) is 32.5 Å². The first-order valence-electron chi connectivity index (χ1n) is 11.7. The molecule has 1 N–H and O–H groups in total. The van der Waals surface area contributed by atoms with E-state index in [2.05, 4.69) is 34.9 Å².